The van der Waals surface area contributed by atoms with Gasteiger partial charge in [0, 0.05) is 11.6 Å². The van der Waals surface area contributed by atoms with Crippen LogP contribution in [0.25, 0.3) is 0 Å². The molecule has 0 radical (unpaired) electrons. The number of piperidine rings is 1. The molecule has 1 fully saturated rings. The van der Waals surface area contributed by atoms with Gasteiger partial charge in [-0.3, -0.25) is 9.69 Å². The lowest BCUT2D eigenvalue weighted by molar-refractivity contribution is 0.0928. The first-order chi connectivity index (χ1) is 11.3. The highest BCUT2D eigenvalue weighted by atomic mass is 35.5. The van der Waals surface area contributed by atoms with Crippen molar-refractivity contribution < 1.29 is 4.79 Å². The van der Waals surface area contributed by atoms with Crippen molar-refractivity contribution >= 4 is 41.3 Å². The lowest BCUT2D eigenvalue weighted by Gasteiger charge is -2.35. The molecule has 1 aromatic carbocycles. The second-order valence-corrected chi connectivity index (χ2v) is 7.18. The normalized spacial score (nSPS) is 16.2. The maximum absolute atomic E-state index is 12.3. The van der Waals surface area contributed by atoms with Crippen LogP contribution in [-0.4, -0.2) is 30.4 Å². The Kier molecular flexibility index (Phi) is 7.56. The number of carbonyl (C=O) groups excluding carboxylic acids is 1. The fraction of sp³-hybridized carbons (Fsp3) is 0.389. The summed E-state index contributed by atoms with van der Waals surface area (Å²) in [5.74, 6) is -0.00550. The van der Waals surface area contributed by atoms with Gasteiger partial charge in [0.05, 0.1) is 10.9 Å². The Morgan fingerprint density at radius 2 is 1.92 bits per heavy atom. The van der Waals surface area contributed by atoms with E-state index >= 15 is 0 Å². The van der Waals surface area contributed by atoms with E-state index in [-0.39, 0.29) is 24.4 Å². The Hall–Kier alpha value is -1.07. The Balaban J connectivity index is 0.00000208. The Labute approximate surface area is 158 Å². The molecule has 1 aliphatic rings. The first-order valence-electron chi connectivity index (χ1n) is 8.06. The average molecular weight is 385 g/mol. The molecule has 1 aromatic heterocycles. The maximum Gasteiger partial charge on any atom is 0.261 e. The first kappa shape index (κ1) is 19.3. The molecule has 24 heavy (non-hydrogen) atoms. The smallest absolute Gasteiger partial charge is 0.261 e. The number of hydrogen-bond donors (Lipinski definition) is 1. The summed E-state index contributed by atoms with van der Waals surface area (Å²) < 4.78 is 0. The average Bonchev–Trinajstić information content (AvgIpc) is 3.12. The number of hydrogen-bond acceptors (Lipinski definition) is 3. The second kappa shape index (κ2) is 9.42. The van der Waals surface area contributed by atoms with E-state index in [0.717, 1.165) is 28.6 Å². The number of carbonyl (C=O) groups is 1. The predicted molar refractivity (Wildman–Crippen MR) is 104 cm³/mol. The predicted octanol–water partition coefficient (Wildman–Crippen LogP) is 4.78. The van der Waals surface area contributed by atoms with Crippen molar-refractivity contribution in [2.45, 2.75) is 25.3 Å². The molecule has 0 aliphatic carbocycles. The van der Waals surface area contributed by atoms with E-state index in [9.17, 15) is 4.79 Å². The molecule has 1 atom stereocenters. The van der Waals surface area contributed by atoms with Gasteiger partial charge >= 0.3 is 0 Å². The third kappa shape index (κ3) is 4.73. The molecule has 2 aromatic rings. The van der Waals surface area contributed by atoms with Crippen molar-refractivity contribution in [1.29, 1.82) is 0 Å². The standard InChI is InChI=1S/C18H21ClN2OS.ClH/c19-15-8-3-2-7-14(15)16(21-10-4-1-5-11-21)13-20-18(22)17-9-6-12-23-17;/h2-3,6-9,12,16H,1,4-5,10-11,13H2,(H,20,22);1H. The van der Waals surface area contributed by atoms with Crippen LogP contribution in [0.15, 0.2) is 41.8 Å². The maximum atomic E-state index is 12.3. The van der Waals surface area contributed by atoms with Gasteiger partial charge in [0.1, 0.15) is 0 Å². The van der Waals surface area contributed by atoms with Crippen molar-refractivity contribution in [3.63, 3.8) is 0 Å². The van der Waals surface area contributed by atoms with Crippen LogP contribution in [-0.2, 0) is 0 Å². The van der Waals surface area contributed by atoms with Crippen LogP contribution in [0.5, 0.6) is 0 Å². The van der Waals surface area contributed by atoms with E-state index in [2.05, 4.69) is 16.3 Å². The number of benzene rings is 1. The zero-order valence-electron chi connectivity index (χ0n) is 13.4. The molecule has 0 saturated carbocycles. The summed E-state index contributed by atoms with van der Waals surface area (Å²) in [7, 11) is 0. The topological polar surface area (TPSA) is 32.3 Å². The Bertz CT molecular complexity index is 642. The summed E-state index contributed by atoms with van der Waals surface area (Å²) >= 11 is 7.88. The molecule has 3 rings (SSSR count). The van der Waals surface area contributed by atoms with Gasteiger partial charge in [-0.25, -0.2) is 0 Å². The van der Waals surface area contributed by atoms with Gasteiger partial charge in [0.15, 0.2) is 0 Å². The molecular formula is C18H22Cl2N2OS. The fourth-order valence-corrected chi connectivity index (χ4v) is 4.00. The zero-order chi connectivity index (χ0) is 16.1. The van der Waals surface area contributed by atoms with Gasteiger partial charge in [0.2, 0.25) is 0 Å². The minimum atomic E-state index is -0.00550. The first-order valence-corrected chi connectivity index (χ1v) is 9.31. The lowest BCUT2D eigenvalue weighted by Crippen LogP contribution is -2.40. The number of nitrogens with zero attached hydrogens (tertiary/aromatic N) is 1. The van der Waals surface area contributed by atoms with E-state index in [4.69, 9.17) is 11.6 Å². The summed E-state index contributed by atoms with van der Waals surface area (Å²) in [6, 6.07) is 11.8. The fourth-order valence-electron chi connectivity index (χ4n) is 3.10. The number of thiophene rings is 1. The lowest BCUT2D eigenvalue weighted by atomic mass is 10.0. The highest BCUT2D eigenvalue weighted by Crippen LogP contribution is 2.29. The number of rotatable bonds is 5. The summed E-state index contributed by atoms with van der Waals surface area (Å²) in [5, 5.41) is 5.77. The van der Waals surface area contributed by atoms with E-state index in [1.54, 1.807) is 0 Å². The van der Waals surface area contributed by atoms with Crippen LogP contribution < -0.4 is 5.32 Å². The van der Waals surface area contributed by atoms with E-state index < -0.39 is 0 Å². The van der Waals surface area contributed by atoms with Crippen LogP contribution in [0.2, 0.25) is 5.02 Å². The quantitative estimate of drug-likeness (QED) is 0.803. The molecule has 6 heteroatoms. The molecular weight excluding hydrogens is 363 g/mol. The highest BCUT2D eigenvalue weighted by molar-refractivity contribution is 7.12. The summed E-state index contributed by atoms with van der Waals surface area (Å²) in [5.41, 5.74) is 1.10. The third-order valence-electron chi connectivity index (χ3n) is 4.30. The summed E-state index contributed by atoms with van der Waals surface area (Å²) in [6.45, 7) is 2.70. The van der Waals surface area contributed by atoms with Crippen molar-refractivity contribution in [3.8, 4) is 0 Å². The van der Waals surface area contributed by atoms with Gasteiger partial charge in [-0.05, 0) is 49.0 Å². The molecule has 130 valence electrons. The van der Waals surface area contributed by atoms with Gasteiger partial charge < -0.3 is 5.32 Å². The molecule has 1 unspecified atom stereocenters. The van der Waals surface area contributed by atoms with Crippen molar-refractivity contribution in [3.05, 3.63) is 57.2 Å². The van der Waals surface area contributed by atoms with Gasteiger partial charge in [-0.1, -0.05) is 42.3 Å². The SMILES string of the molecule is Cl.O=C(NCC(c1ccccc1Cl)N1CCCCC1)c1cccs1. The van der Waals surface area contributed by atoms with Gasteiger partial charge in [-0.15, -0.1) is 23.7 Å². The number of amides is 1. The molecule has 0 bridgehead atoms. The minimum absolute atomic E-state index is 0. The van der Waals surface area contributed by atoms with Crippen LogP contribution >= 0.6 is 35.3 Å². The van der Waals surface area contributed by atoms with Crippen molar-refractivity contribution in [2.24, 2.45) is 0 Å². The second-order valence-electron chi connectivity index (χ2n) is 5.82. The van der Waals surface area contributed by atoms with Crippen LogP contribution in [0.3, 0.4) is 0 Å². The molecule has 1 saturated heterocycles. The molecule has 1 aliphatic heterocycles. The number of likely N-dealkylation sites (tertiary alicyclic amines) is 1. The van der Waals surface area contributed by atoms with Crippen LogP contribution in [0, 0.1) is 0 Å². The van der Waals surface area contributed by atoms with Crippen molar-refractivity contribution in [1.82, 2.24) is 10.2 Å². The number of halogens is 2. The van der Waals surface area contributed by atoms with Gasteiger partial charge in [0.25, 0.3) is 5.91 Å². The zero-order valence-corrected chi connectivity index (χ0v) is 15.8. The Morgan fingerprint density at radius 1 is 1.17 bits per heavy atom. The Morgan fingerprint density at radius 3 is 2.58 bits per heavy atom. The van der Waals surface area contributed by atoms with Crippen molar-refractivity contribution in [2.75, 3.05) is 19.6 Å². The largest absolute Gasteiger partial charge is 0.349 e. The highest BCUT2D eigenvalue weighted by Gasteiger charge is 2.24. The summed E-state index contributed by atoms with van der Waals surface area (Å²) in [6.07, 6.45) is 3.70. The third-order valence-corrected chi connectivity index (χ3v) is 5.51. The summed E-state index contributed by atoms with van der Waals surface area (Å²) in [4.78, 5) is 15.5. The van der Waals surface area contributed by atoms with E-state index in [1.807, 2.05) is 35.7 Å². The number of nitrogens with one attached hydrogen (secondary N) is 1. The van der Waals surface area contributed by atoms with Crippen LogP contribution in [0.1, 0.15) is 40.5 Å². The minimum Gasteiger partial charge on any atom is -0.349 e. The molecule has 1 N–H and O–H groups in total. The molecule has 1 amide bonds. The monoisotopic (exact) mass is 384 g/mol. The molecule has 0 spiro atoms. The van der Waals surface area contributed by atoms with E-state index in [0.29, 0.717) is 6.54 Å². The van der Waals surface area contributed by atoms with Crippen LogP contribution in [0.4, 0.5) is 0 Å². The molecule has 3 nitrogen and oxygen atoms in total. The molecule has 2 heterocycles. The van der Waals surface area contributed by atoms with Gasteiger partial charge in [-0.2, -0.15) is 0 Å². The van der Waals surface area contributed by atoms with E-state index in [1.165, 1.54) is 30.6 Å².